The highest BCUT2D eigenvalue weighted by Crippen LogP contribution is 2.13. The van der Waals surface area contributed by atoms with Crippen LogP contribution < -0.4 is 5.32 Å². The summed E-state index contributed by atoms with van der Waals surface area (Å²) in [6, 6.07) is 1.09. The van der Waals surface area contributed by atoms with Crippen LogP contribution in [-0.4, -0.2) is 54.2 Å². The third-order valence-electron chi connectivity index (χ3n) is 2.59. The Morgan fingerprint density at radius 3 is 2.57 bits per heavy atom. The van der Waals surface area contributed by atoms with Crippen LogP contribution in [0.4, 0.5) is 0 Å². The maximum absolute atomic E-state index is 5.33. The second-order valence-corrected chi connectivity index (χ2v) is 4.84. The van der Waals surface area contributed by atoms with Crippen LogP contribution in [0.15, 0.2) is 0 Å². The Bertz CT molecular complexity index is 204. The summed E-state index contributed by atoms with van der Waals surface area (Å²) in [5.41, 5.74) is 0. The topological polar surface area (TPSA) is 18.5 Å². The van der Waals surface area contributed by atoms with Gasteiger partial charge in [0, 0.05) is 25.2 Å². The molecule has 3 nitrogen and oxygen atoms in total. The Hall–Kier alpha value is -0.350. The molecule has 0 radical (unpaired) electrons. The quantitative estimate of drug-likeness (QED) is 0.690. The molecule has 1 atom stereocenters. The number of likely N-dealkylation sites (N-methyl/N-ethyl adjacent to an activating group) is 1. The average molecular weight is 215 g/mol. The van der Waals surface area contributed by atoms with Gasteiger partial charge in [-0.05, 0) is 46.6 Å². The van der Waals surface area contributed by atoms with Gasteiger partial charge in [-0.3, -0.25) is 0 Å². The molecule has 1 rings (SSSR count). The molecule has 1 unspecified atom stereocenters. The van der Waals surface area contributed by atoms with E-state index in [1.54, 1.807) is 0 Å². The van der Waals surface area contributed by atoms with Gasteiger partial charge in [-0.15, -0.1) is 0 Å². The zero-order valence-corrected chi connectivity index (χ0v) is 10.4. The van der Waals surface area contributed by atoms with Crippen LogP contribution in [0.5, 0.6) is 0 Å². The summed E-state index contributed by atoms with van der Waals surface area (Å²) < 4.78 is 0. The molecule has 1 saturated heterocycles. The highest BCUT2D eigenvalue weighted by Gasteiger charge is 2.25. The lowest BCUT2D eigenvalue weighted by atomic mass is 10.2. The average Bonchev–Trinajstić information content (AvgIpc) is 2.50. The predicted molar refractivity (Wildman–Crippen MR) is 64.5 cm³/mol. The molecule has 14 heavy (non-hydrogen) atoms. The second-order valence-electron chi connectivity index (χ2n) is 4.46. The van der Waals surface area contributed by atoms with Gasteiger partial charge in [0.25, 0.3) is 0 Å². The van der Waals surface area contributed by atoms with Crippen LogP contribution >= 0.6 is 12.2 Å². The van der Waals surface area contributed by atoms with Crippen molar-refractivity contribution >= 4 is 17.3 Å². The molecule has 0 amide bonds. The Morgan fingerprint density at radius 1 is 1.50 bits per heavy atom. The zero-order valence-electron chi connectivity index (χ0n) is 9.58. The number of nitrogens with zero attached hydrogens (tertiary/aromatic N) is 2. The Kier molecular flexibility index (Phi) is 4.13. The van der Waals surface area contributed by atoms with Gasteiger partial charge in [-0.2, -0.15) is 0 Å². The summed E-state index contributed by atoms with van der Waals surface area (Å²) in [4.78, 5) is 4.54. The first kappa shape index (κ1) is 11.7. The lowest BCUT2D eigenvalue weighted by Crippen LogP contribution is -2.42. The van der Waals surface area contributed by atoms with E-state index in [4.69, 9.17) is 12.2 Å². The SMILES string of the molecule is CC(C)NC(=S)N1CCC(N(C)C)C1. The molecule has 0 spiro atoms. The number of thiocarbonyl (C=S) groups is 1. The van der Waals surface area contributed by atoms with Crippen molar-refractivity contribution in [3.63, 3.8) is 0 Å². The molecule has 1 fully saturated rings. The van der Waals surface area contributed by atoms with Crippen LogP contribution in [0.3, 0.4) is 0 Å². The van der Waals surface area contributed by atoms with Crippen molar-refractivity contribution in [2.45, 2.75) is 32.4 Å². The monoisotopic (exact) mass is 215 g/mol. The van der Waals surface area contributed by atoms with Gasteiger partial charge in [0.15, 0.2) is 5.11 Å². The van der Waals surface area contributed by atoms with Crippen molar-refractivity contribution in [3.05, 3.63) is 0 Å². The molecule has 1 aliphatic rings. The van der Waals surface area contributed by atoms with Crippen LogP contribution in [0.2, 0.25) is 0 Å². The predicted octanol–water partition coefficient (Wildman–Crippen LogP) is 0.905. The summed E-state index contributed by atoms with van der Waals surface area (Å²) >= 11 is 5.33. The summed E-state index contributed by atoms with van der Waals surface area (Å²) in [6.45, 7) is 6.38. The Balaban J connectivity index is 2.38. The van der Waals surface area contributed by atoms with Crippen molar-refractivity contribution in [2.75, 3.05) is 27.2 Å². The van der Waals surface area contributed by atoms with E-state index in [2.05, 4.69) is 43.1 Å². The van der Waals surface area contributed by atoms with Crippen LogP contribution in [0.1, 0.15) is 20.3 Å². The molecular formula is C10H21N3S. The first-order valence-electron chi connectivity index (χ1n) is 5.22. The van der Waals surface area contributed by atoms with E-state index in [-0.39, 0.29) is 0 Å². The maximum atomic E-state index is 5.33. The third kappa shape index (κ3) is 3.10. The minimum absolute atomic E-state index is 0.431. The Morgan fingerprint density at radius 2 is 2.14 bits per heavy atom. The van der Waals surface area contributed by atoms with Crippen molar-refractivity contribution in [1.82, 2.24) is 15.1 Å². The van der Waals surface area contributed by atoms with Crippen LogP contribution in [0.25, 0.3) is 0 Å². The standard InChI is InChI=1S/C10H21N3S/c1-8(2)11-10(14)13-6-5-9(7-13)12(3)4/h8-9H,5-7H2,1-4H3,(H,11,14). The smallest absolute Gasteiger partial charge is 0.169 e. The van der Waals surface area contributed by atoms with E-state index in [0.717, 1.165) is 18.2 Å². The molecule has 1 aliphatic heterocycles. The van der Waals surface area contributed by atoms with E-state index in [9.17, 15) is 0 Å². The van der Waals surface area contributed by atoms with Crippen molar-refractivity contribution < 1.29 is 0 Å². The van der Waals surface area contributed by atoms with Gasteiger partial charge < -0.3 is 15.1 Å². The molecule has 0 aromatic rings. The van der Waals surface area contributed by atoms with Crippen molar-refractivity contribution in [3.8, 4) is 0 Å². The number of hydrogen-bond acceptors (Lipinski definition) is 2. The first-order chi connectivity index (χ1) is 6.50. The largest absolute Gasteiger partial charge is 0.360 e. The van der Waals surface area contributed by atoms with E-state index >= 15 is 0 Å². The van der Waals surface area contributed by atoms with E-state index in [0.29, 0.717) is 12.1 Å². The van der Waals surface area contributed by atoms with E-state index in [1.807, 2.05) is 0 Å². The number of rotatable bonds is 2. The fourth-order valence-electron chi connectivity index (χ4n) is 1.69. The third-order valence-corrected chi connectivity index (χ3v) is 2.97. The zero-order chi connectivity index (χ0) is 10.7. The molecule has 0 aliphatic carbocycles. The summed E-state index contributed by atoms with van der Waals surface area (Å²) in [5, 5.41) is 4.19. The lowest BCUT2D eigenvalue weighted by molar-refractivity contribution is 0.300. The fraction of sp³-hybridized carbons (Fsp3) is 0.900. The van der Waals surface area contributed by atoms with E-state index in [1.165, 1.54) is 6.42 Å². The Labute approximate surface area is 92.4 Å². The van der Waals surface area contributed by atoms with Crippen molar-refractivity contribution in [1.29, 1.82) is 0 Å². The molecule has 0 aromatic heterocycles. The lowest BCUT2D eigenvalue weighted by Gasteiger charge is -2.24. The van der Waals surface area contributed by atoms with E-state index < -0.39 is 0 Å². The maximum Gasteiger partial charge on any atom is 0.169 e. The fourth-order valence-corrected chi connectivity index (χ4v) is 2.09. The minimum atomic E-state index is 0.431. The molecule has 1 heterocycles. The number of hydrogen-bond donors (Lipinski definition) is 1. The molecule has 4 heteroatoms. The number of likely N-dealkylation sites (tertiary alicyclic amines) is 1. The highest BCUT2D eigenvalue weighted by molar-refractivity contribution is 7.80. The molecule has 0 aromatic carbocycles. The van der Waals surface area contributed by atoms with Gasteiger partial charge in [0.1, 0.15) is 0 Å². The number of nitrogens with one attached hydrogen (secondary N) is 1. The second kappa shape index (κ2) is 4.94. The van der Waals surface area contributed by atoms with Gasteiger partial charge >= 0.3 is 0 Å². The molecule has 0 saturated carbocycles. The van der Waals surface area contributed by atoms with Gasteiger partial charge in [0.2, 0.25) is 0 Å². The summed E-state index contributed by atoms with van der Waals surface area (Å²) in [5.74, 6) is 0. The summed E-state index contributed by atoms with van der Waals surface area (Å²) in [7, 11) is 4.26. The van der Waals surface area contributed by atoms with Crippen LogP contribution in [0, 0.1) is 0 Å². The molecule has 1 N–H and O–H groups in total. The van der Waals surface area contributed by atoms with Crippen molar-refractivity contribution in [2.24, 2.45) is 0 Å². The van der Waals surface area contributed by atoms with Gasteiger partial charge in [-0.25, -0.2) is 0 Å². The highest BCUT2D eigenvalue weighted by atomic mass is 32.1. The van der Waals surface area contributed by atoms with Crippen LogP contribution in [-0.2, 0) is 0 Å². The molecular weight excluding hydrogens is 194 g/mol. The normalized spacial score (nSPS) is 22.1. The summed E-state index contributed by atoms with van der Waals surface area (Å²) in [6.07, 6.45) is 1.22. The van der Waals surface area contributed by atoms with Gasteiger partial charge in [0.05, 0.1) is 0 Å². The van der Waals surface area contributed by atoms with Gasteiger partial charge in [-0.1, -0.05) is 0 Å². The first-order valence-corrected chi connectivity index (χ1v) is 5.63. The molecule has 0 bridgehead atoms. The molecule has 82 valence electrons. The minimum Gasteiger partial charge on any atom is -0.360 e.